The molecule has 1 heterocycles. The molecule has 1 N–H and O–H groups in total. The van der Waals surface area contributed by atoms with Crippen LogP contribution in [0.1, 0.15) is 33.0 Å². The lowest BCUT2D eigenvalue weighted by molar-refractivity contribution is -0.116. The van der Waals surface area contributed by atoms with Gasteiger partial charge in [0, 0.05) is 38.2 Å². The number of carbonyl (C=O) groups is 1. The second-order valence-corrected chi connectivity index (χ2v) is 9.23. The molecule has 0 saturated heterocycles. The van der Waals surface area contributed by atoms with Crippen LogP contribution in [0.25, 0.3) is 11.0 Å². The molecule has 0 radical (unpaired) electrons. The zero-order chi connectivity index (χ0) is 23.3. The van der Waals surface area contributed by atoms with Gasteiger partial charge in [-0.3, -0.25) is 4.79 Å². The van der Waals surface area contributed by atoms with Crippen LogP contribution in [-0.2, 0) is 27.8 Å². The number of ether oxygens (including phenoxy) is 1. The fraction of sp³-hybridized carbons (Fsp3) is 0.391. The van der Waals surface area contributed by atoms with Crippen molar-refractivity contribution >= 4 is 32.7 Å². The van der Waals surface area contributed by atoms with E-state index in [0.29, 0.717) is 37.3 Å². The van der Waals surface area contributed by atoms with Gasteiger partial charge in [-0.2, -0.15) is 4.31 Å². The first-order chi connectivity index (χ1) is 15.3. The van der Waals surface area contributed by atoms with Gasteiger partial charge in [-0.1, -0.05) is 13.8 Å². The number of imidazole rings is 1. The van der Waals surface area contributed by atoms with Crippen LogP contribution in [0.2, 0.25) is 0 Å². The van der Waals surface area contributed by atoms with Crippen molar-refractivity contribution in [3.8, 4) is 5.75 Å². The van der Waals surface area contributed by atoms with Crippen molar-refractivity contribution in [3.63, 3.8) is 0 Å². The summed E-state index contributed by atoms with van der Waals surface area (Å²) in [5, 5.41) is 2.87. The molecule has 32 heavy (non-hydrogen) atoms. The Morgan fingerprint density at radius 1 is 1.09 bits per heavy atom. The molecule has 1 aromatic heterocycles. The smallest absolute Gasteiger partial charge is 0.243 e. The Hall–Kier alpha value is -2.91. The Bertz CT molecular complexity index is 1180. The Balaban J connectivity index is 1.78. The molecule has 2 aromatic carbocycles. The van der Waals surface area contributed by atoms with Crippen molar-refractivity contribution in [3.05, 3.63) is 48.3 Å². The highest BCUT2D eigenvalue weighted by Gasteiger charge is 2.23. The van der Waals surface area contributed by atoms with Gasteiger partial charge in [0.15, 0.2) is 0 Å². The number of benzene rings is 2. The van der Waals surface area contributed by atoms with Crippen molar-refractivity contribution in [1.82, 2.24) is 13.9 Å². The van der Waals surface area contributed by atoms with E-state index in [4.69, 9.17) is 4.74 Å². The molecular weight excluding hydrogens is 428 g/mol. The third kappa shape index (κ3) is 4.94. The van der Waals surface area contributed by atoms with Gasteiger partial charge in [0.25, 0.3) is 0 Å². The lowest BCUT2D eigenvalue weighted by Crippen LogP contribution is -2.30. The number of aryl methyl sites for hydroxylation is 2. The number of aromatic nitrogens is 2. The summed E-state index contributed by atoms with van der Waals surface area (Å²) in [5.41, 5.74) is 2.17. The molecule has 8 nitrogen and oxygen atoms in total. The van der Waals surface area contributed by atoms with E-state index in [0.717, 1.165) is 17.1 Å². The van der Waals surface area contributed by atoms with E-state index in [9.17, 15) is 13.2 Å². The van der Waals surface area contributed by atoms with Crippen LogP contribution in [0.15, 0.2) is 47.4 Å². The summed E-state index contributed by atoms with van der Waals surface area (Å²) in [6, 6.07) is 12.2. The van der Waals surface area contributed by atoms with E-state index < -0.39 is 10.0 Å². The van der Waals surface area contributed by atoms with Gasteiger partial charge < -0.3 is 14.6 Å². The lowest BCUT2D eigenvalue weighted by Gasteiger charge is -2.18. The number of hydrogen-bond acceptors (Lipinski definition) is 5. The molecule has 3 aromatic rings. The molecule has 0 fully saturated rings. The minimum absolute atomic E-state index is 0.116. The predicted octanol–water partition coefficient (Wildman–Crippen LogP) is 3.67. The van der Waals surface area contributed by atoms with E-state index in [-0.39, 0.29) is 17.2 Å². The third-order valence-corrected chi connectivity index (χ3v) is 7.45. The predicted molar refractivity (Wildman–Crippen MR) is 125 cm³/mol. The highest BCUT2D eigenvalue weighted by Crippen LogP contribution is 2.24. The van der Waals surface area contributed by atoms with Crippen LogP contribution in [0.5, 0.6) is 5.75 Å². The Kier molecular flexibility index (Phi) is 7.52. The number of sulfonamides is 1. The van der Waals surface area contributed by atoms with Crippen LogP contribution in [0.3, 0.4) is 0 Å². The first-order valence-electron chi connectivity index (χ1n) is 10.8. The minimum Gasteiger partial charge on any atom is -0.497 e. The molecular formula is C23H30N4O4S. The van der Waals surface area contributed by atoms with E-state index in [1.807, 2.05) is 25.3 Å². The number of rotatable bonds is 10. The van der Waals surface area contributed by atoms with Crippen molar-refractivity contribution in [2.24, 2.45) is 0 Å². The topological polar surface area (TPSA) is 93.5 Å². The quantitative estimate of drug-likeness (QED) is 0.500. The highest BCUT2D eigenvalue weighted by molar-refractivity contribution is 7.89. The molecule has 0 saturated carbocycles. The monoisotopic (exact) mass is 458 g/mol. The molecule has 0 unspecified atom stereocenters. The first kappa shape index (κ1) is 23.7. The zero-order valence-corrected chi connectivity index (χ0v) is 19.8. The van der Waals surface area contributed by atoms with Gasteiger partial charge in [0.2, 0.25) is 15.9 Å². The number of amides is 1. The number of nitrogens with one attached hydrogen (secondary N) is 1. The molecule has 0 atom stereocenters. The van der Waals surface area contributed by atoms with E-state index in [1.165, 1.54) is 4.31 Å². The van der Waals surface area contributed by atoms with E-state index >= 15 is 0 Å². The van der Waals surface area contributed by atoms with E-state index in [2.05, 4.69) is 10.3 Å². The minimum atomic E-state index is -3.56. The summed E-state index contributed by atoms with van der Waals surface area (Å²) in [4.78, 5) is 17.3. The molecule has 3 rings (SSSR count). The molecule has 0 aliphatic carbocycles. The standard InChI is InChI=1S/C23H30N4O4S/c1-5-26(6-2)32(29,30)19-12-13-21-20(16-19)25-22(27(21)7-3)14-15-23(28)24-17-8-10-18(31-4)11-9-17/h8-13,16H,5-7,14-15H2,1-4H3,(H,24,28). The summed E-state index contributed by atoms with van der Waals surface area (Å²) < 4.78 is 34.3. The van der Waals surface area contributed by atoms with Gasteiger partial charge in [-0.05, 0) is 49.4 Å². The maximum absolute atomic E-state index is 12.9. The number of carbonyl (C=O) groups excluding carboxylic acids is 1. The van der Waals surface area contributed by atoms with Crippen molar-refractivity contribution in [2.45, 2.75) is 45.1 Å². The second kappa shape index (κ2) is 10.1. The third-order valence-electron chi connectivity index (χ3n) is 5.41. The van der Waals surface area contributed by atoms with Gasteiger partial charge in [-0.25, -0.2) is 13.4 Å². The summed E-state index contributed by atoms with van der Waals surface area (Å²) >= 11 is 0. The lowest BCUT2D eigenvalue weighted by atomic mass is 10.2. The number of nitrogens with zero attached hydrogens (tertiary/aromatic N) is 3. The molecule has 1 amide bonds. The van der Waals surface area contributed by atoms with Gasteiger partial charge in [-0.15, -0.1) is 0 Å². The number of methoxy groups -OCH3 is 1. The van der Waals surface area contributed by atoms with Gasteiger partial charge >= 0.3 is 0 Å². The van der Waals surface area contributed by atoms with Crippen LogP contribution in [0, 0.1) is 0 Å². The van der Waals surface area contributed by atoms with Crippen LogP contribution in [0.4, 0.5) is 5.69 Å². The van der Waals surface area contributed by atoms with Crippen LogP contribution in [-0.4, -0.2) is 48.4 Å². The SMILES string of the molecule is CCN(CC)S(=O)(=O)c1ccc2c(c1)nc(CCC(=O)Nc1ccc(OC)cc1)n2CC. The van der Waals surface area contributed by atoms with Gasteiger partial charge in [0.1, 0.15) is 11.6 Å². The summed E-state index contributed by atoms with van der Waals surface area (Å²) in [5.74, 6) is 1.36. The summed E-state index contributed by atoms with van der Waals surface area (Å²) in [7, 11) is -1.96. The largest absolute Gasteiger partial charge is 0.497 e. The molecule has 0 aliphatic heterocycles. The maximum Gasteiger partial charge on any atom is 0.243 e. The average molecular weight is 459 g/mol. The zero-order valence-electron chi connectivity index (χ0n) is 19.0. The maximum atomic E-state index is 12.9. The Morgan fingerprint density at radius 2 is 1.78 bits per heavy atom. The average Bonchev–Trinajstić information content (AvgIpc) is 3.15. The fourth-order valence-corrected chi connectivity index (χ4v) is 5.18. The summed E-state index contributed by atoms with van der Waals surface area (Å²) in [6.07, 6.45) is 0.711. The molecule has 0 bridgehead atoms. The van der Waals surface area contributed by atoms with Crippen LogP contribution >= 0.6 is 0 Å². The van der Waals surface area contributed by atoms with Crippen LogP contribution < -0.4 is 10.1 Å². The van der Waals surface area contributed by atoms with Crippen molar-refractivity contribution in [2.75, 3.05) is 25.5 Å². The first-order valence-corrected chi connectivity index (χ1v) is 12.2. The van der Waals surface area contributed by atoms with Crippen molar-refractivity contribution < 1.29 is 17.9 Å². The molecule has 172 valence electrons. The van der Waals surface area contributed by atoms with Gasteiger partial charge in [0.05, 0.1) is 23.0 Å². The fourth-order valence-electron chi connectivity index (χ4n) is 3.70. The summed E-state index contributed by atoms with van der Waals surface area (Å²) in [6.45, 7) is 7.14. The molecule has 9 heteroatoms. The Labute approximate surface area is 189 Å². The normalized spacial score (nSPS) is 11.8. The number of hydrogen-bond donors (Lipinski definition) is 1. The molecule has 0 spiro atoms. The Morgan fingerprint density at radius 3 is 2.38 bits per heavy atom. The second-order valence-electron chi connectivity index (χ2n) is 7.29. The molecule has 0 aliphatic rings. The highest BCUT2D eigenvalue weighted by atomic mass is 32.2. The van der Waals surface area contributed by atoms with Crippen molar-refractivity contribution in [1.29, 1.82) is 0 Å². The number of anilines is 1. The number of fused-ring (bicyclic) bond motifs is 1. The van der Waals surface area contributed by atoms with E-state index in [1.54, 1.807) is 49.6 Å².